The molecule has 3 rings (SSSR count). The van der Waals surface area contributed by atoms with Gasteiger partial charge in [-0.15, -0.1) is 0 Å². The van der Waals surface area contributed by atoms with Crippen LogP contribution in [0.2, 0.25) is 0 Å². The fourth-order valence-corrected chi connectivity index (χ4v) is 4.77. The van der Waals surface area contributed by atoms with Crippen molar-refractivity contribution in [3.8, 4) is 34.5 Å². The van der Waals surface area contributed by atoms with E-state index in [9.17, 15) is 45.3 Å². The van der Waals surface area contributed by atoms with Crippen LogP contribution < -0.4 is 5.32 Å². The van der Waals surface area contributed by atoms with Crippen LogP contribution >= 0.6 is 0 Å². The van der Waals surface area contributed by atoms with Gasteiger partial charge in [0.05, 0.1) is 0 Å². The van der Waals surface area contributed by atoms with Crippen molar-refractivity contribution in [1.29, 1.82) is 0 Å². The Morgan fingerprint density at radius 2 is 1.44 bits per heavy atom. The molecular formula is C34H39NO10. The van der Waals surface area contributed by atoms with Crippen LogP contribution in [0.3, 0.4) is 0 Å². The number of phenolic OH excluding ortho intramolecular Hbond substituents is 6. The number of carboxylic acid groups (broad SMARTS) is 1. The normalized spacial score (nSPS) is 13.1. The summed E-state index contributed by atoms with van der Waals surface area (Å²) in [6, 6.07) is 10.7. The third-order valence-electron chi connectivity index (χ3n) is 7.18. The lowest BCUT2D eigenvalue weighted by molar-refractivity contribution is -0.162. The number of allylic oxidation sites excluding steroid dienone is 1. The molecule has 0 heterocycles. The third kappa shape index (κ3) is 9.41. The van der Waals surface area contributed by atoms with Gasteiger partial charge in [0.1, 0.15) is 0 Å². The topological polar surface area (TPSA) is 197 Å². The summed E-state index contributed by atoms with van der Waals surface area (Å²) in [5.41, 5.74) is 2.07. The molecule has 3 aromatic carbocycles. The molecule has 0 bridgehead atoms. The zero-order valence-corrected chi connectivity index (χ0v) is 25.1. The van der Waals surface area contributed by atoms with Crippen molar-refractivity contribution in [2.75, 3.05) is 13.1 Å². The van der Waals surface area contributed by atoms with Gasteiger partial charge < -0.3 is 45.8 Å². The number of hydrogen-bond donors (Lipinski definition) is 8. The lowest BCUT2D eigenvalue weighted by Gasteiger charge is -2.25. The fraction of sp³-hybridized carbons (Fsp3) is 0.294. The number of carboxylic acids is 1. The van der Waals surface area contributed by atoms with Gasteiger partial charge in [0.2, 0.25) is 6.10 Å². The number of likely N-dealkylation sites (N-methyl/N-ethyl adjacent to an activating group) is 1. The van der Waals surface area contributed by atoms with Gasteiger partial charge in [-0.05, 0) is 83.6 Å². The summed E-state index contributed by atoms with van der Waals surface area (Å²) >= 11 is 0. The first-order valence-corrected chi connectivity index (χ1v) is 14.6. The van der Waals surface area contributed by atoms with Crippen molar-refractivity contribution in [2.45, 2.75) is 51.6 Å². The first-order chi connectivity index (χ1) is 21.4. The predicted octanol–water partition coefficient (Wildman–Crippen LogP) is 5.44. The van der Waals surface area contributed by atoms with Crippen LogP contribution in [0.25, 0.3) is 17.7 Å². The summed E-state index contributed by atoms with van der Waals surface area (Å²) in [6.07, 6.45) is 5.42. The number of nitrogens with one attached hydrogen (secondary N) is 1. The zero-order valence-electron chi connectivity index (χ0n) is 25.1. The number of rotatable bonds is 15. The molecule has 0 aliphatic rings. The Morgan fingerprint density at radius 1 is 0.800 bits per heavy atom. The van der Waals surface area contributed by atoms with E-state index in [2.05, 4.69) is 5.32 Å². The number of carbonyl (C=O) groups excluding carboxylic acids is 1. The van der Waals surface area contributed by atoms with E-state index in [-0.39, 0.29) is 23.8 Å². The molecule has 0 radical (unpaired) electrons. The number of aromatic hydroxyl groups is 6. The van der Waals surface area contributed by atoms with E-state index in [1.165, 1.54) is 48.5 Å². The van der Waals surface area contributed by atoms with Gasteiger partial charge in [0.15, 0.2) is 34.5 Å². The fourth-order valence-electron chi connectivity index (χ4n) is 4.77. The summed E-state index contributed by atoms with van der Waals surface area (Å²) in [7, 11) is 0. The molecule has 3 aromatic rings. The van der Waals surface area contributed by atoms with Crippen molar-refractivity contribution in [3.63, 3.8) is 0 Å². The summed E-state index contributed by atoms with van der Waals surface area (Å²) in [5.74, 6) is -5.57. The second kappa shape index (κ2) is 16.1. The van der Waals surface area contributed by atoms with Gasteiger partial charge >= 0.3 is 11.9 Å². The number of phenols is 6. The number of unbranched alkanes of at least 4 members (excludes halogenated alkanes) is 2. The van der Waals surface area contributed by atoms with E-state index in [0.29, 0.717) is 47.2 Å². The van der Waals surface area contributed by atoms with Gasteiger partial charge in [-0.3, -0.25) is 0 Å². The number of benzene rings is 3. The van der Waals surface area contributed by atoms with Crippen LogP contribution in [0.15, 0.2) is 54.6 Å². The highest BCUT2D eigenvalue weighted by molar-refractivity contribution is 5.95. The lowest BCUT2D eigenvalue weighted by atomic mass is 9.92. The Bertz CT molecular complexity index is 1560. The highest BCUT2D eigenvalue weighted by atomic mass is 16.6. The molecule has 11 heteroatoms. The van der Waals surface area contributed by atoms with Gasteiger partial charge in [0, 0.05) is 18.5 Å². The van der Waals surface area contributed by atoms with E-state index in [1.807, 2.05) is 13.8 Å². The Kier molecular flexibility index (Phi) is 12.3. The quantitative estimate of drug-likeness (QED) is 0.0353. The number of ether oxygens (including phenoxy) is 1. The maximum atomic E-state index is 13.4. The van der Waals surface area contributed by atoms with Crippen molar-refractivity contribution >= 4 is 29.7 Å². The standard InChI is InChI=1S/C34H39NO10/c1-3-5-6-7-21(24-18-31(41)30(40)15-22(24)10-8-20-9-12-26(36)28(38)14-20)17-32(42)45-33(34(43)44)25(19-35-4-2)23-11-13-27(37)29(39)16-23/h8-18,25,33,35-41H,3-7,19H2,1-2H3,(H,43,44). The highest BCUT2D eigenvalue weighted by Gasteiger charge is 2.33. The second-order valence-electron chi connectivity index (χ2n) is 10.5. The molecular weight excluding hydrogens is 582 g/mol. The van der Waals surface area contributed by atoms with Gasteiger partial charge in [0.25, 0.3) is 0 Å². The lowest BCUT2D eigenvalue weighted by Crippen LogP contribution is -2.38. The van der Waals surface area contributed by atoms with Crippen LogP contribution in [0, 0.1) is 0 Å². The summed E-state index contributed by atoms with van der Waals surface area (Å²) < 4.78 is 5.52. The van der Waals surface area contributed by atoms with E-state index < -0.39 is 41.2 Å². The number of hydrogen-bond acceptors (Lipinski definition) is 10. The predicted molar refractivity (Wildman–Crippen MR) is 169 cm³/mol. The van der Waals surface area contributed by atoms with Crippen LogP contribution in [0.4, 0.5) is 0 Å². The van der Waals surface area contributed by atoms with E-state index in [4.69, 9.17) is 4.74 Å². The third-order valence-corrected chi connectivity index (χ3v) is 7.18. The molecule has 0 fully saturated rings. The van der Waals surface area contributed by atoms with E-state index >= 15 is 0 Å². The molecule has 240 valence electrons. The van der Waals surface area contributed by atoms with Gasteiger partial charge in [-0.2, -0.15) is 0 Å². The maximum absolute atomic E-state index is 13.4. The van der Waals surface area contributed by atoms with Crippen LogP contribution in [0.1, 0.15) is 67.7 Å². The molecule has 11 nitrogen and oxygen atoms in total. The summed E-state index contributed by atoms with van der Waals surface area (Å²) in [6.45, 7) is 4.41. The molecule has 0 aromatic heterocycles. The SMILES string of the molecule is CCCCCC(=CC(=O)OC(C(=O)O)C(CNCC)c1ccc(O)c(O)c1)c1cc(O)c(O)cc1C=Cc1ccc(O)c(O)c1. The second-order valence-corrected chi connectivity index (χ2v) is 10.5. The zero-order chi connectivity index (χ0) is 33.1. The Morgan fingerprint density at radius 3 is 2.07 bits per heavy atom. The van der Waals surface area contributed by atoms with Gasteiger partial charge in [-0.1, -0.05) is 51.0 Å². The van der Waals surface area contributed by atoms with E-state index in [0.717, 1.165) is 12.8 Å². The average Bonchev–Trinajstić information content (AvgIpc) is 3.00. The molecule has 45 heavy (non-hydrogen) atoms. The first kappa shape index (κ1) is 34.3. The minimum absolute atomic E-state index is 0.0889. The molecule has 0 spiro atoms. The van der Waals surface area contributed by atoms with Crippen molar-refractivity contribution in [2.24, 2.45) is 0 Å². The van der Waals surface area contributed by atoms with Crippen molar-refractivity contribution in [3.05, 3.63) is 76.9 Å². The summed E-state index contributed by atoms with van der Waals surface area (Å²) in [4.78, 5) is 25.8. The van der Waals surface area contributed by atoms with Crippen LogP contribution in [-0.4, -0.2) is 66.9 Å². The van der Waals surface area contributed by atoms with Crippen LogP contribution in [-0.2, 0) is 14.3 Å². The molecule has 0 saturated carbocycles. The molecule has 2 atom stereocenters. The van der Waals surface area contributed by atoms with Crippen LogP contribution in [0.5, 0.6) is 34.5 Å². The van der Waals surface area contributed by atoms with E-state index in [1.54, 1.807) is 18.2 Å². The minimum Gasteiger partial charge on any atom is -0.504 e. The molecule has 2 unspecified atom stereocenters. The largest absolute Gasteiger partial charge is 0.504 e. The molecule has 0 saturated heterocycles. The van der Waals surface area contributed by atoms with Crippen molar-refractivity contribution in [1.82, 2.24) is 5.32 Å². The monoisotopic (exact) mass is 621 g/mol. The first-order valence-electron chi connectivity index (χ1n) is 14.6. The smallest absolute Gasteiger partial charge is 0.345 e. The Balaban J connectivity index is 2.04. The molecule has 0 aliphatic carbocycles. The van der Waals surface area contributed by atoms with Gasteiger partial charge in [-0.25, -0.2) is 9.59 Å². The molecule has 8 N–H and O–H groups in total. The number of aliphatic carboxylic acids is 1. The highest BCUT2D eigenvalue weighted by Crippen LogP contribution is 2.36. The molecule has 0 amide bonds. The Hall–Kier alpha value is -5.16. The maximum Gasteiger partial charge on any atom is 0.345 e. The minimum atomic E-state index is -1.66. The Labute approximate surface area is 261 Å². The average molecular weight is 622 g/mol. The number of carbonyl (C=O) groups is 2. The molecule has 0 aliphatic heterocycles. The van der Waals surface area contributed by atoms with Crippen molar-refractivity contribution < 1.29 is 50.1 Å². The number of esters is 1. The summed E-state index contributed by atoms with van der Waals surface area (Å²) in [5, 5.41) is 73.0.